The van der Waals surface area contributed by atoms with Gasteiger partial charge in [-0.2, -0.15) is 23.0 Å². The summed E-state index contributed by atoms with van der Waals surface area (Å²) >= 11 is 0. The van der Waals surface area contributed by atoms with Gasteiger partial charge in [0.25, 0.3) is 11.9 Å². The topological polar surface area (TPSA) is 92.9 Å². The van der Waals surface area contributed by atoms with Crippen molar-refractivity contribution in [3.05, 3.63) is 47.9 Å². The van der Waals surface area contributed by atoms with Crippen molar-refractivity contribution >= 4 is 16.8 Å². The van der Waals surface area contributed by atoms with Crippen LogP contribution in [-0.4, -0.2) is 42.4 Å². The maximum absolute atomic E-state index is 13.3. The molecule has 1 saturated carbocycles. The molecular weight excluding hydrogens is 423 g/mol. The number of fused-ring (bicyclic) bond motifs is 1. The Balaban J connectivity index is 1.49. The van der Waals surface area contributed by atoms with Crippen molar-refractivity contribution in [2.75, 3.05) is 0 Å². The predicted molar refractivity (Wildman–Crippen MR) is 111 cm³/mol. The van der Waals surface area contributed by atoms with Crippen LogP contribution < -0.4 is 5.32 Å². The van der Waals surface area contributed by atoms with Gasteiger partial charge in [0, 0.05) is 23.8 Å². The Labute approximate surface area is 182 Å². The number of para-hydroxylation sites is 1. The smallest absolute Gasteiger partial charge is 0.390 e. The third kappa shape index (κ3) is 4.45. The van der Waals surface area contributed by atoms with Gasteiger partial charge in [-0.1, -0.05) is 18.2 Å². The molecule has 1 fully saturated rings. The summed E-state index contributed by atoms with van der Waals surface area (Å²) < 4.78 is 41.1. The van der Waals surface area contributed by atoms with Crippen LogP contribution in [0.5, 0.6) is 0 Å². The van der Waals surface area contributed by atoms with E-state index in [2.05, 4.69) is 20.4 Å². The second kappa shape index (κ2) is 8.16. The van der Waals surface area contributed by atoms with Crippen LogP contribution in [0.1, 0.15) is 55.6 Å². The van der Waals surface area contributed by atoms with Crippen LogP contribution in [0.2, 0.25) is 0 Å². The number of alkyl halides is 3. The molecule has 0 spiro atoms. The highest BCUT2D eigenvalue weighted by Gasteiger charge is 2.37. The van der Waals surface area contributed by atoms with Gasteiger partial charge in [0.15, 0.2) is 5.69 Å². The van der Waals surface area contributed by atoms with E-state index in [0.29, 0.717) is 0 Å². The first kappa shape index (κ1) is 22.2. The van der Waals surface area contributed by atoms with Gasteiger partial charge in [0.1, 0.15) is 0 Å². The predicted octanol–water partition coefficient (Wildman–Crippen LogP) is 3.89. The molecule has 32 heavy (non-hydrogen) atoms. The summed E-state index contributed by atoms with van der Waals surface area (Å²) in [7, 11) is 0. The molecule has 0 aliphatic heterocycles. The van der Waals surface area contributed by atoms with Crippen molar-refractivity contribution in [1.82, 2.24) is 25.1 Å². The largest absolute Gasteiger partial charge is 0.435 e. The number of carbonyl (C=O) groups is 1. The molecule has 1 aliphatic carbocycles. The molecule has 0 atom stereocenters. The first-order chi connectivity index (χ1) is 15.0. The van der Waals surface area contributed by atoms with E-state index in [9.17, 15) is 23.1 Å². The number of hydrogen-bond donors (Lipinski definition) is 2. The van der Waals surface area contributed by atoms with E-state index >= 15 is 0 Å². The number of halogens is 3. The second-order valence-corrected chi connectivity index (χ2v) is 8.72. The summed E-state index contributed by atoms with van der Waals surface area (Å²) in [6.07, 6.45) is 1.11. The Morgan fingerprint density at radius 2 is 1.72 bits per heavy atom. The zero-order valence-corrected chi connectivity index (χ0v) is 17.7. The fourth-order valence-corrected chi connectivity index (χ4v) is 4.19. The fraction of sp³-hybridized carbons (Fsp3) is 0.455. The van der Waals surface area contributed by atoms with Gasteiger partial charge in [-0.3, -0.25) is 4.79 Å². The monoisotopic (exact) mass is 447 g/mol. The molecule has 1 aliphatic rings. The van der Waals surface area contributed by atoms with Crippen LogP contribution in [0, 0.1) is 5.92 Å². The molecule has 10 heteroatoms. The van der Waals surface area contributed by atoms with E-state index in [-0.39, 0.29) is 40.3 Å². The molecule has 3 aromatic rings. The first-order valence-electron chi connectivity index (χ1n) is 10.4. The van der Waals surface area contributed by atoms with Gasteiger partial charge in [0.2, 0.25) is 0 Å². The Bertz CT molecular complexity index is 1110. The third-order valence-corrected chi connectivity index (χ3v) is 6.01. The fourth-order valence-electron chi connectivity index (χ4n) is 4.19. The summed E-state index contributed by atoms with van der Waals surface area (Å²) in [5.74, 6) is -0.202. The maximum Gasteiger partial charge on any atom is 0.435 e. The summed E-state index contributed by atoms with van der Waals surface area (Å²) in [6, 6.07) is 5.95. The first-order valence-corrected chi connectivity index (χ1v) is 10.4. The molecule has 2 N–H and O–H groups in total. The maximum atomic E-state index is 13.3. The molecule has 170 valence electrons. The number of aliphatic hydroxyl groups is 1. The highest BCUT2D eigenvalue weighted by molar-refractivity contribution is 5.93. The number of nitrogens with zero attached hydrogens (tertiary/aromatic N) is 4. The number of nitrogens with one attached hydrogen (secondary N) is 1. The van der Waals surface area contributed by atoms with Gasteiger partial charge in [-0.15, -0.1) is 0 Å². The van der Waals surface area contributed by atoms with Crippen molar-refractivity contribution in [1.29, 1.82) is 0 Å². The highest BCUT2D eigenvalue weighted by atomic mass is 19.4. The number of amides is 1. The zero-order chi connectivity index (χ0) is 23.1. The van der Waals surface area contributed by atoms with Crippen LogP contribution in [0.4, 0.5) is 13.2 Å². The molecule has 0 saturated heterocycles. The number of hydrogen-bond acceptors (Lipinski definition) is 5. The van der Waals surface area contributed by atoms with Crippen LogP contribution in [0.25, 0.3) is 16.9 Å². The van der Waals surface area contributed by atoms with E-state index in [1.165, 1.54) is 30.6 Å². The highest BCUT2D eigenvalue weighted by Crippen LogP contribution is 2.35. The average Bonchev–Trinajstić information content (AvgIpc) is 3.14. The molecule has 2 aromatic heterocycles. The lowest BCUT2D eigenvalue weighted by molar-refractivity contribution is -0.140. The Morgan fingerprint density at radius 3 is 2.31 bits per heavy atom. The number of aromatic nitrogens is 4. The molecule has 0 bridgehead atoms. The van der Waals surface area contributed by atoms with Gasteiger partial charge < -0.3 is 10.4 Å². The van der Waals surface area contributed by atoms with E-state index in [0.717, 1.165) is 30.4 Å². The van der Waals surface area contributed by atoms with Crippen molar-refractivity contribution in [2.24, 2.45) is 5.92 Å². The van der Waals surface area contributed by atoms with Crippen molar-refractivity contribution in [2.45, 2.75) is 57.3 Å². The van der Waals surface area contributed by atoms with E-state index in [4.69, 9.17) is 0 Å². The molecule has 4 rings (SSSR count). The number of carbonyl (C=O) groups excluding carboxylic acids is 1. The Morgan fingerprint density at radius 1 is 1.09 bits per heavy atom. The van der Waals surface area contributed by atoms with Crippen molar-refractivity contribution < 1.29 is 23.1 Å². The summed E-state index contributed by atoms with van der Waals surface area (Å²) in [5, 5.41) is 16.7. The minimum atomic E-state index is -4.62. The summed E-state index contributed by atoms with van der Waals surface area (Å²) in [6.45, 7) is 3.60. The average molecular weight is 447 g/mol. The molecule has 1 amide bonds. The quantitative estimate of drug-likeness (QED) is 0.633. The Kier molecular flexibility index (Phi) is 5.66. The molecule has 2 heterocycles. The van der Waals surface area contributed by atoms with Gasteiger partial charge in [0.05, 0.1) is 16.7 Å². The zero-order valence-electron chi connectivity index (χ0n) is 17.7. The van der Waals surface area contributed by atoms with Crippen molar-refractivity contribution in [3.63, 3.8) is 0 Å². The minimum absolute atomic E-state index is 0.00909. The molecule has 1 aromatic carbocycles. The molecule has 0 radical (unpaired) electrons. The molecule has 0 unspecified atom stereocenters. The van der Waals surface area contributed by atoms with Gasteiger partial charge in [-0.05, 0) is 51.5 Å². The van der Waals surface area contributed by atoms with Gasteiger partial charge >= 0.3 is 6.18 Å². The van der Waals surface area contributed by atoms with E-state index < -0.39 is 17.5 Å². The lowest BCUT2D eigenvalue weighted by Crippen LogP contribution is -2.41. The van der Waals surface area contributed by atoms with Crippen LogP contribution >= 0.6 is 0 Å². The third-order valence-electron chi connectivity index (χ3n) is 6.01. The normalized spacial score (nSPS) is 19.8. The Hall–Kier alpha value is -3.01. The van der Waals surface area contributed by atoms with Crippen molar-refractivity contribution in [3.8, 4) is 5.95 Å². The van der Waals surface area contributed by atoms with E-state index in [1.54, 1.807) is 19.9 Å². The van der Waals surface area contributed by atoms with Crippen LogP contribution in [-0.2, 0) is 6.18 Å². The summed E-state index contributed by atoms with van der Waals surface area (Å²) in [4.78, 5) is 20.7. The lowest BCUT2D eigenvalue weighted by Gasteiger charge is -2.36. The van der Waals surface area contributed by atoms with E-state index in [1.807, 2.05) is 0 Å². The minimum Gasteiger partial charge on any atom is -0.390 e. The lowest BCUT2D eigenvalue weighted by atomic mass is 9.77. The number of benzene rings is 1. The van der Waals surface area contributed by atoms with Gasteiger partial charge in [-0.25, -0.2) is 9.97 Å². The summed E-state index contributed by atoms with van der Waals surface area (Å²) in [5.41, 5.74) is -1.31. The standard InChI is InChI=1S/C22H24F3N5O2/c1-21(2,32)14-7-9-15(10-8-14)28-19(31)13-11-26-20(27-12-13)30-17-6-4-3-5-16(17)18(29-30)22(23,24)25/h3-6,11-12,14-15,32H,7-10H2,1-2H3,(H,28,31). The van der Waals surface area contributed by atoms with Crippen LogP contribution in [0.15, 0.2) is 36.7 Å². The molecular formula is C22H24F3N5O2. The SMILES string of the molecule is CC(C)(O)C1CCC(NC(=O)c2cnc(-n3nc(C(F)(F)F)c4ccccc43)nc2)CC1. The number of rotatable bonds is 4. The van der Waals surface area contributed by atoms with Crippen LogP contribution in [0.3, 0.4) is 0 Å². The second-order valence-electron chi connectivity index (χ2n) is 8.72. The molecule has 7 nitrogen and oxygen atoms in total.